The molecule has 0 aromatic carbocycles. The summed E-state index contributed by atoms with van der Waals surface area (Å²) in [5.41, 5.74) is 4.15. The molecule has 0 aliphatic heterocycles. The van der Waals surface area contributed by atoms with Crippen LogP contribution in [0.3, 0.4) is 0 Å². The maximum absolute atomic E-state index is 3.47. The Morgan fingerprint density at radius 1 is 1.36 bits per heavy atom. The quantitative estimate of drug-likeness (QED) is 0.713. The first kappa shape index (κ1) is 11.3. The van der Waals surface area contributed by atoms with E-state index in [0.29, 0.717) is 0 Å². The highest BCUT2D eigenvalue weighted by molar-refractivity contribution is 5.26. The molecule has 0 saturated carbocycles. The number of hydrogen-bond donors (Lipinski definition) is 1. The van der Waals surface area contributed by atoms with E-state index < -0.39 is 0 Å². The molecule has 0 spiro atoms. The minimum Gasteiger partial charge on any atom is -0.352 e. The third kappa shape index (κ3) is 2.61. The van der Waals surface area contributed by atoms with Gasteiger partial charge in [-0.2, -0.15) is 0 Å². The third-order valence-corrected chi connectivity index (χ3v) is 2.90. The average molecular weight is 194 g/mol. The largest absolute Gasteiger partial charge is 0.352 e. The molecule has 0 bridgehead atoms. The van der Waals surface area contributed by atoms with E-state index in [1.54, 1.807) is 0 Å². The van der Waals surface area contributed by atoms with Crippen LogP contribution in [0.2, 0.25) is 0 Å². The van der Waals surface area contributed by atoms with Crippen molar-refractivity contribution in [2.24, 2.45) is 7.05 Å². The van der Waals surface area contributed by atoms with Gasteiger partial charge in [-0.15, -0.1) is 0 Å². The molecule has 1 rings (SSSR count). The Morgan fingerprint density at radius 2 is 2.07 bits per heavy atom. The van der Waals surface area contributed by atoms with Crippen LogP contribution < -0.4 is 5.32 Å². The molecule has 1 aromatic heterocycles. The molecular weight excluding hydrogens is 172 g/mol. The summed E-state index contributed by atoms with van der Waals surface area (Å²) in [7, 11) is 2.13. The van der Waals surface area contributed by atoms with E-state index in [9.17, 15) is 0 Å². The molecule has 80 valence electrons. The van der Waals surface area contributed by atoms with Crippen molar-refractivity contribution in [3.63, 3.8) is 0 Å². The van der Waals surface area contributed by atoms with E-state index in [4.69, 9.17) is 0 Å². The van der Waals surface area contributed by atoms with Crippen molar-refractivity contribution in [2.45, 2.75) is 40.2 Å². The number of nitrogens with zero attached hydrogens (tertiary/aromatic N) is 1. The Balaban J connectivity index is 2.47. The standard InChI is InChI=1S/C12H22N2/c1-5-6-7-13-9-12-8-10(2)14(4)11(12)3/h8,13H,5-7,9H2,1-4H3. The van der Waals surface area contributed by atoms with E-state index in [0.717, 1.165) is 13.1 Å². The van der Waals surface area contributed by atoms with Crippen LogP contribution in [0.5, 0.6) is 0 Å². The number of hydrogen-bond acceptors (Lipinski definition) is 1. The van der Waals surface area contributed by atoms with Crippen LogP contribution in [0.25, 0.3) is 0 Å². The van der Waals surface area contributed by atoms with E-state index in [-0.39, 0.29) is 0 Å². The molecule has 0 amide bonds. The van der Waals surface area contributed by atoms with Crippen molar-refractivity contribution >= 4 is 0 Å². The molecule has 0 radical (unpaired) electrons. The summed E-state index contributed by atoms with van der Waals surface area (Å²) in [6.07, 6.45) is 2.53. The van der Waals surface area contributed by atoms with Gasteiger partial charge in [0.15, 0.2) is 0 Å². The van der Waals surface area contributed by atoms with Crippen LogP contribution in [0, 0.1) is 13.8 Å². The molecule has 0 aliphatic carbocycles. The lowest BCUT2D eigenvalue weighted by molar-refractivity contribution is 0.638. The van der Waals surface area contributed by atoms with Gasteiger partial charge in [0.1, 0.15) is 0 Å². The first-order chi connectivity index (χ1) is 6.66. The van der Waals surface area contributed by atoms with Gasteiger partial charge in [-0.3, -0.25) is 0 Å². The van der Waals surface area contributed by atoms with Crippen molar-refractivity contribution < 1.29 is 0 Å². The molecule has 1 heterocycles. The smallest absolute Gasteiger partial charge is 0.0223 e. The van der Waals surface area contributed by atoms with Crippen LogP contribution in [0.15, 0.2) is 6.07 Å². The molecule has 0 unspecified atom stereocenters. The number of rotatable bonds is 5. The SMILES string of the molecule is CCCCNCc1cc(C)n(C)c1C. The van der Waals surface area contributed by atoms with E-state index in [2.05, 4.69) is 43.8 Å². The van der Waals surface area contributed by atoms with Crippen LogP contribution in [-0.4, -0.2) is 11.1 Å². The number of aryl methyl sites for hydroxylation is 1. The Labute approximate surface area is 87.3 Å². The summed E-state index contributed by atoms with van der Waals surface area (Å²) < 4.78 is 2.25. The summed E-state index contributed by atoms with van der Waals surface area (Å²) in [4.78, 5) is 0. The highest BCUT2D eigenvalue weighted by atomic mass is 15.0. The fourth-order valence-corrected chi connectivity index (χ4v) is 1.64. The summed E-state index contributed by atoms with van der Waals surface area (Å²) in [5.74, 6) is 0. The fraction of sp³-hybridized carbons (Fsp3) is 0.667. The molecule has 1 N–H and O–H groups in total. The van der Waals surface area contributed by atoms with Crippen molar-refractivity contribution in [3.05, 3.63) is 23.0 Å². The first-order valence-corrected chi connectivity index (χ1v) is 5.49. The second kappa shape index (κ2) is 5.20. The minimum absolute atomic E-state index is 1.01. The predicted octanol–water partition coefficient (Wildman–Crippen LogP) is 2.53. The molecule has 0 atom stereocenters. The lowest BCUT2D eigenvalue weighted by atomic mass is 10.2. The summed E-state index contributed by atoms with van der Waals surface area (Å²) in [5, 5.41) is 3.47. The van der Waals surface area contributed by atoms with E-state index in [1.807, 2.05) is 0 Å². The molecule has 14 heavy (non-hydrogen) atoms. The second-order valence-electron chi connectivity index (χ2n) is 3.99. The highest BCUT2D eigenvalue weighted by Crippen LogP contribution is 2.12. The van der Waals surface area contributed by atoms with Crippen molar-refractivity contribution in [2.75, 3.05) is 6.54 Å². The average Bonchev–Trinajstić information content (AvgIpc) is 2.41. The fourth-order valence-electron chi connectivity index (χ4n) is 1.64. The van der Waals surface area contributed by atoms with Gasteiger partial charge in [-0.05, 0) is 38.4 Å². The molecule has 0 fully saturated rings. The van der Waals surface area contributed by atoms with Gasteiger partial charge in [0.25, 0.3) is 0 Å². The van der Waals surface area contributed by atoms with Gasteiger partial charge in [0.2, 0.25) is 0 Å². The lowest BCUT2D eigenvalue weighted by Gasteiger charge is -2.04. The zero-order chi connectivity index (χ0) is 10.6. The molecular formula is C12H22N2. The van der Waals surface area contributed by atoms with Crippen LogP contribution in [0.4, 0.5) is 0 Å². The van der Waals surface area contributed by atoms with Gasteiger partial charge in [-0.1, -0.05) is 13.3 Å². The number of aromatic nitrogens is 1. The third-order valence-electron chi connectivity index (χ3n) is 2.90. The molecule has 2 nitrogen and oxygen atoms in total. The Hall–Kier alpha value is -0.760. The van der Waals surface area contributed by atoms with Crippen LogP contribution >= 0.6 is 0 Å². The predicted molar refractivity (Wildman–Crippen MR) is 61.5 cm³/mol. The van der Waals surface area contributed by atoms with Crippen LogP contribution in [0.1, 0.15) is 36.7 Å². The summed E-state index contributed by atoms with van der Waals surface area (Å²) in [6, 6.07) is 2.27. The molecule has 0 saturated heterocycles. The molecule has 2 heteroatoms. The first-order valence-electron chi connectivity index (χ1n) is 5.49. The zero-order valence-corrected chi connectivity index (χ0v) is 9.85. The van der Waals surface area contributed by atoms with Crippen molar-refractivity contribution in [1.82, 2.24) is 9.88 Å². The van der Waals surface area contributed by atoms with Gasteiger partial charge in [0.05, 0.1) is 0 Å². The highest BCUT2D eigenvalue weighted by Gasteiger charge is 2.04. The lowest BCUT2D eigenvalue weighted by Crippen LogP contribution is -2.14. The van der Waals surface area contributed by atoms with Gasteiger partial charge >= 0.3 is 0 Å². The van der Waals surface area contributed by atoms with Gasteiger partial charge < -0.3 is 9.88 Å². The molecule has 1 aromatic rings. The normalized spacial score (nSPS) is 10.9. The van der Waals surface area contributed by atoms with Crippen molar-refractivity contribution in [1.29, 1.82) is 0 Å². The monoisotopic (exact) mass is 194 g/mol. The Bertz CT molecular complexity index is 287. The van der Waals surface area contributed by atoms with Crippen LogP contribution in [-0.2, 0) is 13.6 Å². The van der Waals surface area contributed by atoms with E-state index >= 15 is 0 Å². The Kier molecular flexibility index (Phi) is 4.21. The summed E-state index contributed by atoms with van der Waals surface area (Å²) in [6.45, 7) is 8.70. The zero-order valence-electron chi connectivity index (χ0n) is 9.85. The number of nitrogens with one attached hydrogen (secondary N) is 1. The second-order valence-corrected chi connectivity index (χ2v) is 3.99. The Morgan fingerprint density at radius 3 is 2.57 bits per heavy atom. The van der Waals surface area contributed by atoms with Gasteiger partial charge in [0, 0.05) is 25.0 Å². The maximum Gasteiger partial charge on any atom is 0.0223 e. The summed E-state index contributed by atoms with van der Waals surface area (Å²) >= 11 is 0. The van der Waals surface area contributed by atoms with Crippen molar-refractivity contribution in [3.8, 4) is 0 Å². The maximum atomic E-state index is 3.47. The van der Waals surface area contributed by atoms with E-state index in [1.165, 1.54) is 29.8 Å². The number of unbranched alkanes of at least 4 members (excludes halogenated alkanes) is 1. The van der Waals surface area contributed by atoms with Gasteiger partial charge in [-0.25, -0.2) is 0 Å². The molecule has 0 aliphatic rings. The minimum atomic E-state index is 1.01. The topological polar surface area (TPSA) is 17.0 Å².